The van der Waals surface area contributed by atoms with Crippen LogP contribution in [-0.2, 0) is 0 Å². The van der Waals surface area contributed by atoms with Crippen molar-refractivity contribution in [1.29, 1.82) is 0 Å². The summed E-state index contributed by atoms with van der Waals surface area (Å²) in [4.78, 5) is 0. The monoisotopic (exact) mass is 1010 g/mol. The fraction of sp³-hybridized carbons (Fsp3) is 0.618. The summed E-state index contributed by atoms with van der Waals surface area (Å²) >= 11 is 0. The highest BCUT2D eigenvalue weighted by molar-refractivity contribution is 5.65. The van der Waals surface area contributed by atoms with Gasteiger partial charge in [-0.1, -0.05) is 230 Å². The molecule has 0 atom stereocenters. The lowest BCUT2D eigenvalue weighted by Gasteiger charge is -2.19. The highest BCUT2D eigenvalue weighted by Gasteiger charge is 2.18. The largest absolute Gasteiger partial charge is 0.508 e. The number of hydrogen-bond donors (Lipinski definition) is 1. The molecule has 0 radical (unpaired) electrons. The first-order chi connectivity index (χ1) is 36.6. The molecule has 74 heavy (non-hydrogen) atoms. The van der Waals surface area contributed by atoms with Gasteiger partial charge in [0.1, 0.15) is 17.2 Å². The van der Waals surface area contributed by atoms with Crippen molar-refractivity contribution in [2.45, 2.75) is 239 Å². The molecule has 6 nitrogen and oxygen atoms in total. The van der Waals surface area contributed by atoms with Crippen LogP contribution in [0.3, 0.4) is 0 Å². The predicted molar refractivity (Wildman–Crippen MR) is 314 cm³/mol. The lowest BCUT2D eigenvalue weighted by atomic mass is 10.1. The number of phenols is 1. The topological polar surface area (TPSA) is 66.4 Å². The molecule has 0 aliphatic rings. The molecule has 0 aromatic heterocycles. The standard InChI is InChI=1S/C68H102O6/c1-4-7-10-13-16-19-22-25-28-35-56-72-66-53-46-62(67(73-57-36-29-26-23-20-17-14-11-8-5-2)68(66)74-58-37-30-27-24-21-18-15-12-9-6-3)41-38-59-39-49-64(50-40-59)70-54-33-31-32-34-55-71-65-51-44-61(45-52-65)60-42-47-63(69)48-43-60/h39-40,42-53,69H,4-37,54-58H2,1-3H3. The van der Waals surface area contributed by atoms with E-state index >= 15 is 0 Å². The Morgan fingerprint density at radius 2 is 0.622 bits per heavy atom. The van der Waals surface area contributed by atoms with Gasteiger partial charge in [-0.25, -0.2) is 0 Å². The first-order valence-electron chi connectivity index (χ1n) is 30.4. The van der Waals surface area contributed by atoms with Crippen LogP contribution in [0, 0.1) is 11.8 Å². The van der Waals surface area contributed by atoms with Crippen molar-refractivity contribution in [3.63, 3.8) is 0 Å². The van der Waals surface area contributed by atoms with Gasteiger partial charge in [0, 0.05) is 5.56 Å². The normalized spacial score (nSPS) is 11.1. The molecule has 410 valence electrons. The molecule has 4 aromatic carbocycles. The molecule has 0 fully saturated rings. The van der Waals surface area contributed by atoms with E-state index in [0.717, 1.165) is 95.9 Å². The van der Waals surface area contributed by atoms with Crippen molar-refractivity contribution in [3.8, 4) is 57.5 Å². The zero-order chi connectivity index (χ0) is 52.2. The molecule has 1 N–H and O–H groups in total. The van der Waals surface area contributed by atoms with Gasteiger partial charge in [-0.2, -0.15) is 0 Å². The third kappa shape index (κ3) is 28.8. The van der Waals surface area contributed by atoms with Crippen LogP contribution in [0.2, 0.25) is 0 Å². The SMILES string of the molecule is CCCCCCCCCCCCOc1ccc(C#Cc2ccc(OCCCCCCOc3ccc(-c4ccc(O)cc4)cc3)cc2)c(OCCCCCCCCCCCC)c1OCCCCCCCCCCCC. The van der Waals surface area contributed by atoms with Gasteiger partial charge in [0.25, 0.3) is 0 Å². The summed E-state index contributed by atoms with van der Waals surface area (Å²) in [5.74, 6) is 11.2. The van der Waals surface area contributed by atoms with E-state index in [-0.39, 0.29) is 5.75 Å². The molecule has 0 amide bonds. The van der Waals surface area contributed by atoms with Crippen LogP contribution in [0.5, 0.6) is 34.5 Å². The molecule has 0 saturated heterocycles. The summed E-state index contributed by atoms with van der Waals surface area (Å²) in [6, 6.07) is 27.7. The fourth-order valence-corrected chi connectivity index (χ4v) is 9.44. The number of aromatic hydroxyl groups is 1. The average Bonchev–Trinajstić information content (AvgIpc) is 3.42. The number of unbranched alkanes of at least 4 members (excludes halogenated alkanes) is 30. The third-order valence-electron chi connectivity index (χ3n) is 14.1. The van der Waals surface area contributed by atoms with Gasteiger partial charge in [0.2, 0.25) is 5.75 Å². The first-order valence-corrected chi connectivity index (χ1v) is 30.4. The van der Waals surface area contributed by atoms with Crippen LogP contribution in [0.1, 0.15) is 250 Å². The van der Waals surface area contributed by atoms with Crippen LogP contribution >= 0.6 is 0 Å². The fourth-order valence-electron chi connectivity index (χ4n) is 9.44. The Morgan fingerprint density at radius 3 is 1.03 bits per heavy atom. The van der Waals surface area contributed by atoms with Crippen molar-refractivity contribution in [3.05, 3.63) is 96.1 Å². The summed E-state index contributed by atoms with van der Waals surface area (Å²) in [6.07, 6.45) is 42.9. The molecular weight excluding hydrogens is 913 g/mol. The van der Waals surface area contributed by atoms with Crippen molar-refractivity contribution in [2.75, 3.05) is 33.0 Å². The second-order valence-corrected chi connectivity index (χ2v) is 20.8. The highest BCUT2D eigenvalue weighted by Crippen LogP contribution is 2.41. The molecule has 0 heterocycles. The Bertz CT molecular complexity index is 2000. The minimum atomic E-state index is 0.276. The third-order valence-corrected chi connectivity index (χ3v) is 14.1. The Kier molecular flexibility index (Phi) is 35.5. The van der Waals surface area contributed by atoms with Crippen molar-refractivity contribution >= 4 is 0 Å². The van der Waals surface area contributed by atoms with Crippen LogP contribution in [0.15, 0.2) is 84.9 Å². The van der Waals surface area contributed by atoms with Gasteiger partial charge in [0.05, 0.1) is 38.6 Å². The van der Waals surface area contributed by atoms with E-state index in [9.17, 15) is 5.11 Å². The summed E-state index contributed by atoms with van der Waals surface area (Å²) in [7, 11) is 0. The van der Waals surface area contributed by atoms with Crippen LogP contribution in [0.4, 0.5) is 0 Å². The van der Waals surface area contributed by atoms with Crippen LogP contribution in [-0.4, -0.2) is 38.1 Å². The first kappa shape index (κ1) is 61.8. The van der Waals surface area contributed by atoms with Crippen LogP contribution < -0.4 is 23.7 Å². The number of hydrogen-bond acceptors (Lipinski definition) is 6. The molecule has 0 bridgehead atoms. The van der Waals surface area contributed by atoms with E-state index in [1.54, 1.807) is 12.1 Å². The van der Waals surface area contributed by atoms with E-state index in [1.807, 2.05) is 48.5 Å². The van der Waals surface area contributed by atoms with Gasteiger partial charge in [-0.3, -0.25) is 0 Å². The van der Waals surface area contributed by atoms with Gasteiger partial charge in [-0.05, 0) is 117 Å². The zero-order valence-electron chi connectivity index (χ0n) is 47.1. The maximum Gasteiger partial charge on any atom is 0.204 e. The number of phenolic OH excluding ortho intramolecular Hbond substituents is 1. The van der Waals surface area contributed by atoms with Gasteiger partial charge in [0.15, 0.2) is 11.5 Å². The Labute approximate surface area is 452 Å². The molecular formula is C68H102O6. The summed E-state index contributed by atoms with van der Waals surface area (Å²) in [5.41, 5.74) is 3.95. The van der Waals surface area contributed by atoms with Gasteiger partial charge >= 0.3 is 0 Å². The predicted octanol–water partition coefficient (Wildman–Crippen LogP) is 20.4. The quantitative estimate of drug-likeness (QED) is 0.0351. The molecule has 0 spiro atoms. The van der Waals surface area contributed by atoms with Crippen molar-refractivity contribution in [1.82, 2.24) is 0 Å². The Hall–Kier alpha value is -4.76. The maximum absolute atomic E-state index is 9.57. The number of benzene rings is 4. The van der Waals surface area contributed by atoms with E-state index in [4.69, 9.17) is 23.7 Å². The molecule has 0 aliphatic carbocycles. The smallest absolute Gasteiger partial charge is 0.204 e. The lowest BCUT2D eigenvalue weighted by Crippen LogP contribution is -2.07. The number of rotatable bonds is 46. The summed E-state index contributed by atoms with van der Waals surface area (Å²) in [6.45, 7) is 10.2. The van der Waals surface area contributed by atoms with Crippen molar-refractivity contribution in [2.24, 2.45) is 0 Å². The second-order valence-electron chi connectivity index (χ2n) is 20.8. The van der Waals surface area contributed by atoms with E-state index < -0.39 is 0 Å². The molecule has 0 unspecified atom stereocenters. The Morgan fingerprint density at radius 1 is 0.297 bits per heavy atom. The maximum atomic E-state index is 9.57. The van der Waals surface area contributed by atoms with E-state index in [0.29, 0.717) is 33.0 Å². The average molecular weight is 1020 g/mol. The summed E-state index contributed by atoms with van der Waals surface area (Å²) in [5, 5.41) is 9.57. The van der Waals surface area contributed by atoms with E-state index in [2.05, 4.69) is 56.9 Å². The van der Waals surface area contributed by atoms with Gasteiger partial charge in [-0.15, -0.1) is 0 Å². The van der Waals surface area contributed by atoms with E-state index in [1.165, 1.54) is 173 Å². The van der Waals surface area contributed by atoms with Crippen molar-refractivity contribution < 1.29 is 28.8 Å². The minimum Gasteiger partial charge on any atom is -0.508 e. The minimum absolute atomic E-state index is 0.276. The molecule has 0 aliphatic heterocycles. The van der Waals surface area contributed by atoms with Gasteiger partial charge < -0.3 is 28.8 Å². The summed E-state index contributed by atoms with van der Waals surface area (Å²) < 4.78 is 32.1. The number of ether oxygens (including phenoxy) is 5. The second kappa shape index (κ2) is 42.5. The van der Waals surface area contributed by atoms with Crippen LogP contribution in [0.25, 0.3) is 11.1 Å². The Balaban J connectivity index is 1.31. The molecule has 4 aromatic rings. The molecule has 4 rings (SSSR count). The zero-order valence-corrected chi connectivity index (χ0v) is 47.1. The molecule has 0 saturated carbocycles. The highest BCUT2D eigenvalue weighted by atomic mass is 16.5. The molecule has 6 heteroatoms. The lowest BCUT2D eigenvalue weighted by molar-refractivity contribution is 0.234.